The molecule has 4 heteroatoms. The fraction of sp³-hybridized carbons (Fsp3) is 0.255. The standard InChI is InChI=1S/C51H50N2OS/c1-10-43-38(36-16-11-12-17-37(36)44-23-18-30(2)28-53(43)44)21-19-34-20-22-39-40-26-47-35(24-33(5)55-47)25-46(40)54-50(39)49(34)45-27-42(51(6,7)8)41(29-52(45)9)48-31(3)14-13-15-32(48)4/h10-18,20,22-29,38,43H,1,19,21H2,2-9H3/q+2. The lowest BCUT2D eigenvalue weighted by molar-refractivity contribution is -0.707. The van der Waals surface area contributed by atoms with Gasteiger partial charge < -0.3 is 4.42 Å². The third-order valence-electron chi connectivity index (χ3n) is 12.0. The van der Waals surface area contributed by atoms with Gasteiger partial charge in [-0.25, -0.2) is 4.57 Å². The highest BCUT2D eigenvalue weighted by atomic mass is 32.1. The van der Waals surface area contributed by atoms with Crippen molar-refractivity contribution in [2.45, 2.75) is 78.7 Å². The molecule has 3 nitrogen and oxygen atoms in total. The van der Waals surface area contributed by atoms with E-state index in [-0.39, 0.29) is 17.4 Å². The highest BCUT2D eigenvalue weighted by molar-refractivity contribution is 7.19. The first-order valence-electron chi connectivity index (χ1n) is 19.6. The summed E-state index contributed by atoms with van der Waals surface area (Å²) in [6.07, 6.45) is 8.69. The normalized spacial score (nSPS) is 15.5. The van der Waals surface area contributed by atoms with Gasteiger partial charge in [-0.2, -0.15) is 4.57 Å². The van der Waals surface area contributed by atoms with E-state index < -0.39 is 0 Å². The molecule has 0 bridgehead atoms. The van der Waals surface area contributed by atoms with Crippen LogP contribution in [0.25, 0.3) is 65.7 Å². The minimum absolute atomic E-state index is 0.0943. The van der Waals surface area contributed by atoms with Crippen LogP contribution in [0.15, 0.2) is 120 Å². The van der Waals surface area contributed by atoms with Gasteiger partial charge in [0.25, 0.3) is 0 Å². The molecular weight excluding hydrogens is 689 g/mol. The van der Waals surface area contributed by atoms with Gasteiger partial charge in [0, 0.05) is 49.2 Å². The topological polar surface area (TPSA) is 20.9 Å². The molecule has 1 aliphatic heterocycles. The predicted molar refractivity (Wildman–Crippen MR) is 231 cm³/mol. The number of nitrogens with zero attached hydrogens (tertiary/aromatic N) is 2. The van der Waals surface area contributed by atoms with Crippen molar-refractivity contribution in [3.05, 3.63) is 154 Å². The molecule has 2 atom stereocenters. The first-order chi connectivity index (χ1) is 26.4. The van der Waals surface area contributed by atoms with Gasteiger partial charge in [0.15, 0.2) is 18.4 Å². The van der Waals surface area contributed by atoms with Gasteiger partial charge in [0.1, 0.15) is 18.2 Å². The van der Waals surface area contributed by atoms with Crippen molar-refractivity contribution in [2.24, 2.45) is 7.05 Å². The molecule has 0 N–H and O–H groups in total. The van der Waals surface area contributed by atoms with Gasteiger partial charge in [-0.05, 0) is 121 Å². The van der Waals surface area contributed by atoms with Crippen molar-refractivity contribution in [1.29, 1.82) is 0 Å². The number of allylic oxidation sites excluding steroid dienone is 1. The van der Waals surface area contributed by atoms with Gasteiger partial charge in [0.05, 0.1) is 11.5 Å². The van der Waals surface area contributed by atoms with Crippen molar-refractivity contribution in [2.75, 3.05) is 0 Å². The quantitative estimate of drug-likeness (QED) is 0.123. The Bertz CT molecular complexity index is 2820. The van der Waals surface area contributed by atoms with E-state index in [1.54, 1.807) is 0 Å². The average Bonchev–Trinajstić information content (AvgIpc) is 3.70. The maximum atomic E-state index is 7.05. The molecule has 9 rings (SSSR count). The molecule has 0 fully saturated rings. The number of thiophene rings is 1. The van der Waals surface area contributed by atoms with Crippen molar-refractivity contribution in [1.82, 2.24) is 0 Å². The summed E-state index contributed by atoms with van der Waals surface area (Å²) in [5.74, 6) is 0.271. The van der Waals surface area contributed by atoms with Crippen LogP contribution >= 0.6 is 11.3 Å². The zero-order valence-electron chi connectivity index (χ0n) is 33.4. The maximum Gasteiger partial charge on any atom is 0.216 e. The third kappa shape index (κ3) is 5.85. The molecule has 1 aliphatic rings. The summed E-state index contributed by atoms with van der Waals surface area (Å²) in [5.41, 5.74) is 17.3. The molecule has 5 heterocycles. The molecule has 8 aromatic rings. The number of hydrogen-bond donors (Lipinski definition) is 0. The second kappa shape index (κ2) is 13.2. The number of fused-ring (bicyclic) bond motifs is 7. The van der Waals surface area contributed by atoms with E-state index in [0.717, 1.165) is 24.0 Å². The zero-order chi connectivity index (χ0) is 38.3. The van der Waals surface area contributed by atoms with Crippen LogP contribution in [0.2, 0.25) is 0 Å². The average molecular weight is 739 g/mol. The number of pyridine rings is 2. The molecule has 0 saturated heterocycles. The smallest absolute Gasteiger partial charge is 0.216 e. The molecule has 0 spiro atoms. The molecule has 55 heavy (non-hydrogen) atoms. The monoisotopic (exact) mass is 738 g/mol. The van der Waals surface area contributed by atoms with Gasteiger partial charge in [-0.1, -0.05) is 75.9 Å². The summed E-state index contributed by atoms with van der Waals surface area (Å²) in [6, 6.07) is 34.3. The van der Waals surface area contributed by atoms with Crippen LogP contribution in [0.1, 0.15) is 77.4 Å². The van der Waals surface area contributed by atoms with Crippen molar-refractivity contribution in [3.63, 3.8) is 0 Å². The van der Waals surface area contributed by atoms with Crippen LogP contribution in [0.3, 0.4) is 0 Å². The second-order valence-electron chi connectivity index (χ2n) is 16.9. The molecule has 274 valence electrons. The van der Waals surface area contributed by atoms with Crippen LogP contribution in [0.5, 0.6) is 0 Å². The molecule has 0 radical (unpaired) electrons. The Balaban J connectivity index is 1.26. The molecule has 0 aliphatic carbocycles. The maximum absolute atomic E-state index is 7.05. The Kier molecular flexibility index (Phi) is 8.47. The number of aromatic nitrogens is 2. The lowest BCUT2D eigenvalue weighted by Crippen LogP contribution is -2.46. The first kappa shape index (κ1) is 35.4. The summed E-state index contributed by atoms with van der Waals surface area (Å²) < 4.78 is 13.2. The number of aryl methyl sites for hydroxylation is 6. The zero-order valence-corrected chi connectivity index (χ0v) is 34.2. The van der Waals surface area contributed by atoms with Gasteiger partial charge in [-0.15, -0.1) is 11.3 Å². The fourth-order valence-corrected chi connectivity index (χ4v) is 10.4. The van der Waals surface area contributed by atoms with Gasteiger partial charge >= 0.3 is 0 Å². The van der Waals surface area contributed by atoms with Crippen molar-refractivity contribution < 1.29 is 13.6 Å². The predicted octanol–water partition coefficient (Wildman–Crippen LogP) is 12.9. The lowest BCUT2D eigenvalue weighted by Gasteiger charge is -2.29. The van der Waals surface area contributed by atoms with Crippen LogP contribution in [-0.4, -0.2) is 0 Å². The van der Waals surface area contributed by atoms with Gasteiger partial charge in [-0.3, -0.25) is 0 Å². The van der Waals surface area contributed by atoms with Crippen LogP contribution in [-0.2, 0) is 18.9 Å². The third-order valence-corrected chi connectivity index (χ3v) is 13.1. The van der Waals surface area contributed by atoms with Crippen molar-refractivity contribution in [3.8, 4) is 33.6 Å². The van der Waals surface area contributed by atoms with E-state index in [9.17, 15) is 0 Å². The number of rotatable bonds is 6. The fourth-order valence-electron chi connectivity index (χ4n) is 9.44. The van der Waals surface area contributed by atoms with E-state index in [4.69, 9.17) is 4.42 Å². The van der Waals surface area contributed by atoms with E-state index in [0.29, 0.717) is 0 Å². The molecule has 4 aromatic carbocycles. The largest absolute Gasteiger partial charge is 0.455 e. The number of furan rings is 1. The Labute approximate surface area is 329 Å². The number of benzene rings is 4. The van der Waals surface area contributed by atoms with Crippen molar-refractivity contribution >= 4 is 43.4 Å². The Morgan fingerprint density at radius 3 is 2.33 bits per heavy atom. The summed E-state index contributed by atoms with van der Waals surface area (Å²) in [7, 11) is 2.21. The molecule has 2 unspecified atom stereocenters. The van der Waals surface area contributed by atoms with Crippen LogP contribution in [0, 0.1) is 27.7 Å². The summed E-state index contributed by atoms with van der Waals surface area (Å²) >= 11 is 1.85. The SMILES string of the molecule is C=CC1C(CCc2ccc3c(oc4cc5cc(C)sc5cc43)c2-c2cc(C(C)(C)C)c(-c3c(C)cccc3C)c[n+]2C)c2ccccc2-c2ccc(C)c[n+]21. The Morgan fingerprint density at radius 1 is 0.782 bits per heavy atom. The first-order valence-corrected chi connectivity index (χ1v) is 20.5. The summed E-state index contributed by atoms with van der Waals surface area (Å²) in [6.45, 7) is 20.3. The highest BCUT2D eigenvalue weighted by Crippen LogP contribution is 2.45. The van der Waals surface area contributed by atoms with Crippen LogP contribution < -0.4 is 9.13 Å². The Morgan fingerprint density at radius 2 is 1.56 bits per heavy atom. The lowest BCUT2D eigenvalue weighted by atomic mass is 9.78. The Hall–Kier alpha value is -5.32. The van der Waals surface area contributed by atoms with Crippen LogP contribution in [0.4, 0.5) is 0 Å². The second-order valence-corrected chi connectivity index (χ2v) is 18.2. The van der Waals surface area contributed by atoms with E-state index in [1.807, 2.05) is 11.3 Å². The van der Waals surface area contributed by atoms with E-state index in [1.165, 1.54) is 92.8 Å². The summed E-state index contributed by atoms with van der Waals surface area (Å²) in [4.78, 5) is 1.32. The van der Waals surface area contributed by atoms with E-state index >= 15 is 0 Å². The molecule has 0 saturated carbocycles. The number of hydrogen-bond acceptors (Lipinski definition) is 2. The highest BCUT2D eigenvalue weighted by Gasteiger charge is 2.38. The molecule has 4 aromatic heterocycles. The minimum Gasteiger partial charge on any atom is -0.455 e. The molecular formula is C51H50N2OS+2. The minimum atomic E-state index is -0.0943. The molecule has 0 amide bonds. The summed E-state index contributed by atoms with van der Waals surface area (Å²) in [5, 5.41) is 3.60. The van der Waals surface area contributed by atoms with E-state index in [2.05, 4.69) is 181 Å². The van der Waals surface area contributed by atoms with Gasteiger partial charge in [0.2, 0.25) is 11.4 Å².